The van der Waals surface area contributed by atoms with Crippen LogP contribution >= 0.6 is 21.8 Å². The molecule has 0 saturated carbocycles. The first kappa shape index (κ1) is 26.5. The Labute approximate surface area is 198 Å². The molecule has 0 spiro atoms. The Kier molecular flexibility index (Phi) is 10.7. The molecule has 0 N–H and O–H groups in total. The smallest absolute Gasteiger partial charge is 0.0962 e. The molecule has 0 saturated heterocycles. The molecule has 1 aliphatic heterocycles. The fourth-order valence-corrected chi connectivity index (χ4v) is 7.51. The van der Waals surface area contributed by atoms with Crippen molar-refractivity contribution in [1.82, 2.24) is 4.31 Å². The van der Waals surface area contributed by atoms with E-state index < -0.39 is 10.2 Å². The molecule has 0 bridgehead atoms. The minimum atomic E-state index is -1.01. The Balaban J connectivity index is 2.06. The molecule has 1 aliphatic rings. The molecular formula is C27H44ClNOS. The highest BCUT2D eigenvalue weighted by Gasteiger charge is 2.29. The number of alkyl halides is 1. The normalized spacial score (nSPS) is 22.4. The largest absolute Gasteiger partial charge is 0.376 e. The van der Waals surface area contributed by atoms with Gasteiger partial charge in [0.05, 0.1) is 11.1 Å². The fourth-order valence-electron chi connectivity index (χ4n) is 4.19. The number of hydrogen-bond donors (Lipinski definition) is 0. The van der Waals surface area contributed by atoms with E-state index in [1.165, 1.54) is 36.0 Å². The number of benzene rings is 1. The fraction of sp³-hybridized carbons (Fsp3) is 0.630. The summed E-state index contributed by atoms with van der Waals surface area (Å²) < 4.78 is 8.39. The molecule has 4 heteroatoms. The summed E-state index contributed by atoms with van der Waals surface area (Å²) in [5.74, 6) is 1.09. The Morgan fingerprint density at radius 1 is 1.16 bits per heavy atom. The lowest BCUT2D eigenvalue weighted by atomic mass is 9.94. The average molecular weight is 466 g/mol. The van der Waals surface area contributed by atoms with Crippen LogP contribution in [0.25, 0.3) is 5.57 Å². The van der Waals surface area contributed by atoms with Crippen LogP contribution in [-0.4, -0.2) is 41.1 Å². The van der Waals surface area contributed by atoms with Gasteiger partial charge < -0.3 is 4.74 Å². The number of hydrogen-bond acceptors (Lipinski definition) is 2. The maximum absolute atomic E-state index is 6.97. The zero-order chi connectivity index (χ0) is 22.9. The van der Waals surface area contributed by atoms with E-state index in [9.17, 15) is 0 Å². The van der Waals surface area contributed by atoms with Crippen LogP contribution in [-0.2, 0) is 10.5 Å². The summed E-state index contributed by atoms with van der Waals surface area (Å²) in [5.41, 5.74) is 4.41. The van der Waals surface area contributed by atoms with Gasteiger partial charge in [0.2, 0.25) is 0 Å². The Hall–Kier alpha value is -0.740. The molecule has 31 heavy (non-hydrogen) atoms. The predicted molar refractivity (Wildman–Crippen MR) is 142 cm³/mol. The number of halogens is 1. The first-order chi connectivity index (χ1) is 14.6. The molecule has 176 valence electrons. The molecule has 1 aromatic rings. The SMILES string of the molecule is C=CCCN1C(Cl)C/C=C(/CCCCCCOC(C)(C)C)c2ccccc2CS1(C)C. The second-order valence-corrected chi connectivity index (χ2v) is 14.2. The van der Waals surface area contributed by atoms with E-state index in [1.807, 2.05) is 6.08 Å². The van der Waals surface area contributed by atoms with Gasteiger partial charge in [-0.2, -0.15) is 10.2 Å². The molecule has 0 aromatic heterocycles. The van der Waals surface area contributed by atoms with Gasteiger partial charge >= 0.3 is 0 Å². The molecule has 0 amide bonds. The van der Waals surface area contributed by atoms with E-state index in [0.29, 0.717) is 0 Å². The number of rotatable bonds is 10. The topological polar surface area (TPSA) is 12.5 Å². The molecule has 1 unspecified atom stereocenters. The highest BCUT2D eigenvalue weighted by atomic mass is 35.5. The number of fused-ring (bicyclic) bond motifs is 1. The highest BCUT2D eigenvalue weighted by Crippen LogP contribution is 2.52. The van der Waals surface area contributed by atoms with Gasteiger partial charge in [-0.1, -0.05) is 49.3 Å². The van der Waals surface area contributed by atoms with Crippen molar-refractivity contribution in [3.8, 4) is 0 Å². The molecule has 0 aliphatic carbocycles. The van der Waals surface area contributed by atoms with Gasteiger partial charge in [-0.05, 0) is 82.1 Å². The van der Waals surface area contributed by atoms with E-state index in [1.54, 1.807) is 0 Å². The third-order valence-electron chi connectivity index (χ3n) is 5.81. The van der Waals surface area contributed by atoms with Crippen LogP contribution in [0, 0.1) is 0 Å². The van der Waals surface area contributed by atoms with Crippen molar-refractivity contribution in [3.63, 3.8) is 0 Å². The molecule has 0 fully saturated rings. The van der Waals surface area contributed by atoms with Gasteiger partial charge in [-0.15, -0.1) is 18.2 Å². The van der Waals surface area contributed by atoms with Gasteiger partial charge in [-0.3, -0.25) is 0 Å². The molecule has 2 rings (SSSR count). The van der Waals surface area contributed by atoms with Crippen molar-refractivity contribution < 1.29 is 4.74 Å². The van der Waals surface area contributed by atoms with Crippen LogP contribution in [0.2, 0.25) is 0 Å². The Bertz CT molecular complexity index is 722. The third-order valence-corrected chi connectivity index (χ3v) is 9.06. The van der Waals surface area contributed by atoms with E-state index in [-0.39, 0.29) is 11.1 Å². The lowest BCUT2D eigenvalue weighted by molar-refractivity contribution is -0.00473. The van der Waals surface area contributed by atoms with Crippen molar-refractivity contribution >= 4 is 27.4 Å². The minimum Gasteiger partial charge on any atom is -0.376 e. The van der Waals surface area contributed by atoms with Gasteiger partial charge in [0.1, 0.15) is 0 Å². The summed E-state index contributed by atoms with van der Waals surface area (Å²) in [7, 11) is -1.01. The summed E-state index contributed by atoms with van der Waals surface area (Å²) in [6.07, 6.45) is 17.1. The van der Waals surface area contributed by atoms with Gasteiger partial charge in [0.25, 0.3) is 0 Å². The predicted octanol–water partition coefficient (Wildman–Crippen LogP) is 8.16. The van der Waals surface area contributed by atoms with Gasteiger partial charge in [-0.25, -0.2) is 4.31 Å². The minimum absolute atomic E-state index is 0.0285. The summed E-state index contributed by atoms with van der Waals surface area (Å²) in [6.45, 7) is 12.1. The molecule has 2 nitrogen and oxygen atoms in total. The Morgan fingerprint density at radius 2 is 1.87 bits per heavy atom. The van der Waals surface area contributed by atoms with Crippen LogP contribution in [0.1, 0.15) is 76.8 Å². The molecule has 1 atom stereocenters. The number of nitrogens with zero attached hydrogens (tertiary/aromatic N) is 1. The zero-order valence-corrected chi connectivity index (χ0v) is 22.0. The third kappa shape index (κ3) is 8.96. The van der Waals surface area contributed by atoms with Crippen LogP contribution in [0.5, 0.6) is 0 Å². The van der Waals surface area contributed by atoms with Crippen LogP contribution in [0.4, 0.5) is 0 Å². The van der Waals surface area contributed by atoms with E-state index in [0.717, 1.165) is 44.6 Å². The van der Waals surface area contributed by atoms with E-state index in [2.05, 4.69) is 74.5 Å². The summed E-state index contributed by atoms with van der Waals surface area (Å²) in [5, 5.41) is 0. The van der Waals surface area contributed by atoms with Gasteiger partial charge in [0, 0.05) is 18.9 Å². The highest BCUT2D eigenvalue weighted by molar-refractivity contribution is 8.30. The summed E-state index contributed by atoms with van der Waals surface area (Å²) in [6, 6.07) is 9.01. The molecular weight excluding hydrogens is 422 g/mol. The lowest BCUT2D eigenvalue weighted by Gasteiger charge is -2.45. The second kappa shape index (κ2) is 12.5. The van der Waals surface area contributed by atoms with Crippen molar-refractivity contribution in [2.24, 2.45) is 0 Å². The standard InChI is InChI=1S/C27H44ClNOS/c1-7-8-20-29-26(28)19-18-23(15-11-9-10-14-21-30-27(2,3)4)25-17-13-12-16-24(25)22-31(29,5)6/h7,12-13,16-18,26H,1,8-11,14-15,19-22H2,2-6H3/b23-18-. The molecule has 0 radical (unpaired) electrons. The second-order valence-electron chi connectivity index (χ2n) is 10.0. The van der Waals surface area contributed by atoms with Crippen LogP contribution < -0.4 is 0 Å². The molecule has 1 aromatic carbocycles. The molecule has 1 heterocycles. The first-order valence-corrected chi connectivity index (χ1v) is 14.8. The maximum atomic E-state index is 6.97. The van der Waals surface area contributed by atoms with Crippen molar-refractivity contribution in [2.75, 3.05) is 25.7 Å². The zero-order valence-electron chi connectivity index (χ0n) is 20.5. The van der Waals surface area contributed by atoms with Crippen LogP contribution in [0.3, 0.4) is 0 Å². The van der Waals surface area contributed by atoms with E-state index >= 15 is 0 Å². The summed E-state index contributed by atoms with van der Waals surface area (Å²) >= 11 is 6.97. The number of allylic oxidation sites excluding steroid dienone is 1. The Morgan fingerprint density at radius 3 is 2.58 bits per heavy atom. The van der Waals surface area contributed by atoms with Gasteiger partial charge in [0.15, 0.2) is 0 Å². The van der Waals surface area contributed by atoms with Crippen molar-refractivity contribution in [1.29, 1.82) is 0 Å². The number of unbranched alkanes of at least 4 members (excludes halogenated alkanes) is 3. The quantitative estimate of drug-likeness (QED) is 0.149. The average Bonchev–Trinajstić information content (AvgIpc) is 2.72. The van der Waals surface area contributed by atoms with Crippen molar-refractivity contribution in [2.45, 2.75) is 82.6 Å². The van der Waals surface area contributed by atoms with Crippen LogP contribution in [0.15, 0.2) is 43.0 Å². The van der Waals surface area contributed by atoms with E-state index in [4.69, 9.17) is 16.3 Å². The first-order valence-electron chi connectivity index (χ1n) is 11.8. The monoisotopic (exact) mass is 465 g/mol. The van der Waals surface area contributed by atoms with Crippen molar-refractivity contribution in [3.05, 3.63) is 54.1 Å². The number of ether oxygens (including phenoxy) is 1. The summed E-state index contributed by atoms with van der Waals surface area (Å²) in [4.78, 5) is 0. The lowest BCUT2D eigenvalue weighted by Crippen LogP contribution is -2.34. The maximum Gasteiger partial charge on any atom is 0.0962 e.